The number of nitriles is 2. The van der Waals surface area contributed by atoms with Gasteiger partial charge in [0.2, 0.25) is 0 Å². The molecule has 0 aromatic heterocycles. The lowest BCUT2D eigenvalue weighted by molar-refractivity contribution is -0.138. The predicted molar refractivity (Wildman–Crippen MR) is 89.6 cm³/mol. The van der Waals surface area contributed by atoms with Crippen LogP contribution >= 0.6 is 0 Å². The first kappa shape index (κ1) is 17.3. The first-order valence-corrected chi connectivity index (χ1v) is 8.27. The molecule has 0 aromatic carbocycles. The largest absolute Gasteiger partial charge is 0.393 e. The monoisotopic (exact) mass is 336 g/mol. The fourth-order valence-electron chi connectivity index (χ4n) is 5.32. The fourth-order valence-corrected chi connectivity index (χ4v) is 5.32. The molecule has 4 atom stereocenters. The molecule has 0 saturated heterocycles. The van der Waals surface area contributed by atoms with E-state index < -0.39 is 28.3 Å². The van der Waals surface area contributed by atoms with Crippen LogP contribution < -0.4 is 0 Å². The van der Waals surface area contributed by atoms with Crippen molar-refractivity contribution in [3.05, 3.63) is 34.9 Å². The van der Waals surface area contributed by atoms with Gasteiger partial charge in [0.15, 0.2) is 11.6 Å². The first-order valence-electron chi connectivity index (χ1n) is 8.27. The van der Waals surface area contributed by atoms with Crippen molar-refractivity contribution in [3.8, 4) is 12.1 Å². The van der Waals surface area contributed by atoms with Crippen LogP contribution in [0.3, 0.4) is 0 Å². The molecular formula is C20H20N2O3. The summed E-state index contributed by atoms with van der Waals surface area (Å²) in [5, 5.41) is 29.5. The van der Waals surface area contributed by atoms with Crippen molar-refractivity contribution in [2.24, 2.45) is 22.2 Å². The molecule has 3 aliphatic carbocycles. The van der Waals surface area contributed by atoms with Gasteiger partial charge in [0, 0.05) is 22.2 Å². The highest BCUT2D eigenvalue weighted by molar-refractivity contribution is 6.09. The summed E-state index contributed by atoms with van der Waals surface area (Å²) in [7, 11) is 0. The average Bonchev–Trinajstić information content (AvgIpc) is 2.51. The summed E-state index contributed by atoms with van der Waals surface area (Å²) >= 11 is 0. The molecule has 25 heavy (non-hydrogen) atoms. The van der Waals surface area contributed by atoms with Crippen molar-refractivity contribution in [1.29, 1.82) is 10.5 Å². The van der Waals surface area contributed by atoms with Gasteiger partial charge >= 0.3 is 0 Å². The molecule has 0 heterocycles. The second-order valence-corrected chi connectivity index (χ2v) is 8.26. The molecule has 128 valence electrons. The molecule has 0 aromatic rings. The minimum absolute atomic E-state index is 0.0589. The van der Waals surface area contributed by atoms with Crippen LogP contribution in [0.1, 0.15) is 34.1 Å². The van der Waals surface area contributed by atoms with Gasteiger partial charge in [-0.2, -0.15) is 10.5 Å². The number of hydrogen-bond acceptors (Lipinski definition) is 5. The number of carbonyl (C=O) groups is 2. The van der Waals surface area contributed by atoms with E-state index in [9.17, 15) is 25.2 Å². The minimum atomic E-state index is -0.932. The van der Waals surface area contributed by atoms with E-state index >= 15 is 0 Å². The van der Waals surface area contributed by atoms with Crippen molar-refractivity contribution in [3.63, 3.8) is 0 Å². The Hall–Kier alpha value is -2.50. The molecule has 2 unspecified atom stereocenters. The molecule has 3 aliphatic rings. The number of aliphatic hydroxyl groups excluding tert-OH is 1. The van der Waals surface area contributed by atoms with E-state index in [0.717, 1.165) is 5.57 Å². The number of fused-ring (bicyclic) bond motifs is 3. The third-order valence-electron chi connectivity index (χ3n) is 6.16. The SMILES string of the molecule is CC12C=C(C#N)C(=O)C=C1C1(C)C=C(C#N)C(=O)C(C)(C)[C@@H]1[C@@H](O)C2. The van der Waals surface area contributed by atoms with Crippen LogP contribution in [-0.2, 0) is 9.59 Å². The molecule has 0 aliphatic heterocycles. The van der Waals surface area contributed by atoms with Crippen LogP contribution in [0.4, 0.5) is 0 Å². The lowest BCUT2D eigenvalue weighted by atomic mass is 9.45. The van der Waals surface area contributed by atoms with E-state index in [4.69, 9.17) is 0 Å². The van der Waals surface area contributed by atoms with Gasteiger partial charge in [-0.1, -0.05) is 39.8 Å². The molecule has 0 bridgehead atoms. The summed E-state index contributed by atoms with van der Waals surface area (Å²) in [5.74, 6) is -1.10. The molecule has 3 rings (SSSR count). The Morgan fingerprint density at radius 2 is 1.68 bits per heavy atom. The molecule has 0 radical (unpaired) electrons. The number of aliphatic hydroxyl groups is 1. The Labute approximate surface area is 146 Å². The summed E-state index contributed by atoms with van der Waals surface area (Å²) in [5.41, 5.74) is -1.54. The Morgan fingerprint density at radius 1 is 1.08 bits per heavy atom. The van der Waals surface area contributed by atoms with Gasteiger partial charge in [0.05, 0.1) is 17.3 Å². The summed E-state index contributed by atoms with van der Waals surface area (Å²) in [4.78, 5) is 25.0. The topological polar surface area (TPSA) is 102 Å². The van der Waals surface area contributed by atoms with Gasteiger partial charge in [-0.3, -0.25) is 9.59 Å². The molecular weight excluding hydrogens is 316 g/mol. The zero-order valence-corrected chi connectivity index (χ0v) is 14.8. The lowest BCUT2D eigenvalue weighted by Crippen LogP contribution is -2.58. The molecule has 0 spiro atoms. The lowest BCUT2D eigenvalue weighted by Gasteiger charge is -2.58. The number of hydrogen-bond donors (Lipinski definition) is 1. The standard InChI is InChI=1S/C20H20N2O3/c1-18(2)16-14(24)8-19(3)6-11(9-21)13(23)5-15(19)20(16,4)7-12(10-22)17(18)25/h5-7,14,16,24H,8H2,1-4H3/t14-,16-,19?,20?/m0/s1. The van der Waals surface area contributed by atoms with E-state index in [1.54, 1.807) is 26.0 Å². The molecule has 0 amide bonds. The van der Waals surface area contributed by atoms with Gasteiger partial charge in [0.1, 0.15) is 12.1 Å². The Bertz CT molecular complexity index is 878. The maximum atomic E-state index is 12.7. The zero-order chi connectivity index (χ0) is 18.8. The normalized spacial score (nSPS) is 39.1. The highest BCUT2D eigenvalue weighted by Gasteiger charge is 2.61. The van der Waals surface area contributed by atoms with Crippen molar-refractivity contribution < 1.29 is 14.7 Å². The van der Waals surface area contributed by atoms with Crippen molar-refractivity contribution in [1.82, 2.24) is 0 Å². The zero-order valence-electron chi connectivity index (χ0n) is 14.8. The second kappa shape index (κ2) is 5.00. The van der Waals surface area contributed by atoms with Crippen LogP contribution in [0.2, 0.25) is 0 Å². The van der Waals surface area contributed by atoms with Crippen molar-refractivity contribution in [2.75, 3.05) is 0 Å². The minimum Gasteiger partial charge on any atom is -0.393 e. The van der Waals surface area contributed by atoms with Crippen LogP contribution in [0, 0.1) is 44.8 Å². The van der Waals surface area contributed by atoms with Crippen molar-refractivity contribution in [2.45, 2.75) is 40.2 Å². The van der Waals surface area contributed by atoms with Crippen LogP contribution in [0.5, 0.6) is 0 Å². The first-order chi connectivity index (χ1) is 11.5. The van der Waals surface area contributed by atoms with Crippen molar-refractivity contribution >= 4 is 11.6 Å². The maximum Gasteiger partial charge on any atom is 0.196 e. The van der Waals surface area contributed by atoms with Gasteiger partial charge in [-0.25, -0.2) is 0 Å². The third kappa shape index (κ3) is 2.09. The van der Waals surface area contributed by atoms with Gasteiger partial charge in [-0.05, 0) is 18.1 Å². The fraction of sp³-hybridized carbons (Fsp3) is 0.500. The highest BCUT2D eigenvalue weighted by Crippen LogP contribution is 2.63. The maximum absolute atomic E-state index is 12.7. The highest BCUT2D eigenvalue weighted by atomic mass is 16.3. The van der Waals surface area contributed by atoms with Crippen LogP contribution in [0.25, 0.3) is 0 Å². The summed E-state index contributed by atoms with van der Waals surface area (Å²) in [6.07, 6.45) is 4.22. The third-order valence-corrected chi connectivity index (χ3v) is 6.16. The van der Waals surface area contributed by atoms with Crippen LogP contribution in [0.15, 0.2) is 34.9 Å². The number of ketones is 2. The molecule has 5 heteroatoms. The Morgan fingerprint density at radius 3 is 2.24 bits per heavy atom. The number of carbonyl (C=O) groups excluding carboxylic acids is 2. The number of allylic oxidation sites excluding steroid dienone is 6. The van der Waals surface area contributed by atoms with Gasteiger partial charge in [0.25, 0.3) is 0 Å². The second-order valence-electron chi connectivity index (χ2n) is 8.26. The molecule has 1 N–H and O–H groups in total. The number of rotatable bonds is 0. The quantitative estimate of drug-likeness (QED) is 0.732. The van der Waals surface area contributed by atoms with E-state index in [0.29, 0.717) is 6.42 Å². The summed E-state index contributed by atoms with van der Waals surface area (Å²) in [6.45, 7) is 7.25. The molecule has 5 nitrogen and oxygen atoms in total. The van der Waals surface area contributed by atoms with Gasteiger partial charge in [-0.15, -0.1) is 0 Å². The number of Topliss-reactive ketones (excluding diaryl/α,β-unsaturated/α-hetero) is 1. The average molecular weight is 336 g/mol. The van der Waals surface area contributed by atoms with E-state index in [2.05, 4.69) is 0 Å². The van der Waals surface area contributed by atoms with E-state index in [-0.39, 0.29) is 22.7 Å². The summed E-state index contributed by atoms with van der Waals surface area (Å²) in [6, 6.07) is 3.89. The number of nitrogens with zero attached hydrogens (tertiary/aromatic N) is 2. The predicted octanol–water partition coefficient (Wildman–Crippen LogP) is 2.40. The molecule has 1 fully saturated rings. The van der Waals surface area contributed by atoms with E-state index in [1.165, 1.54) is 6.08 Å². The molecule has 1 saturated carbocycles. The Balaban J connectivity index is 2.31. The summed E-state index contributed by atoms with van der Waals surface area (Å²) < 4.78 is 0. The van der Waals surface area contributed by atoms with E-state index in [1.807, 2.05) is 26.0 Å². The van der Waals surface area contributed by atoms with Crippen LogP contribution in [-0.4, -0.2) is 22.8 Å². The smallest absolute Gasteiger partial charge is 0.196 e. The van der Waals surface area contributed by atoms with Gasteiger partial charge < -0.3 is 5.11 Å². The Kier molecular flexibility index (Phi) is 3.47.